The van der Waals surface area contributed by atoms with Crippen LogP contribution in [-0.4, -0.2) is 23.8 Å². The highest BCUT2D eigenvalue weighted by Gasteiger charge is 2.22. The second kappa shape index (κ2) is 5.83. The molecule has 1 saturated heterocycles. The van der Waals surface area contributed by atoms with E-state index in [9.17, 15) is 0 Å². The SMILES string of the molecule is Cc1ccc(OCC2CCC(C)O2)c(CBr)n1. The quantitative estimate of drug-likeness (QED) is 0.800. The van der Waals surface area contributed by atoms with Gasteiger partial charge in [-0.3, -0.25) is 4.98 Å². The van der Waals surface area contributed by atoms with Crippen LogP contribution in [0.1, 0.15) is 31.2 Å². The van der Waals surface area contributed by atoms with Crippen LogP contribution in [0.4, 0.5) is 0 Å². The molecule has 2 atom stereocenters. The Labute approximate surface area is 111 Å². The summed E-state index contributed by atoms with van der Waals surface area (Å²) in [5, 5.41) is 0.714. The average molecular weight is 300 g/mol. The number of pyridine rings is 1. The standard InChI is InChI=1S/C13H18BrNO2/c1-9-3-6-13(12(7-14)15-9)16-8-11-5-4-10(2)17-11/h3,6,10-11H,4-5,7-8H2,1-2H3. The Hall–Kier alpha value is -0.610. The number of hydrogen-bond donors (Lipinski definition) is 0. The van der Waals surface area contributed by atoms with E-state index in [-0.39, 0.29) is 6.10 Å². The third-order valence-corrected chi connectivity index (χ3v) is 3.47. The van der Waals surface area contributed by atoms with Crippen molar-refractivity contribution >= 4 is 15.9 Å². The van der Waals surface area contributed by atoms with Gasteiger partial charge < -0.3 is 9.47 Å². The topological polar surface area (TPSA) is 31.4 Å². The molecule has 2 unspecified atom stereocenters. The van der Waals surface area contributed by atoms with Gasteiger partial charge in [-0.1, -0.05) is 15.9 Å². The number of ether oxygens (including phenoxy) is 2. The molecule has 0 N–H and O–H groups in total. The monoisotopic (exact) mass is 299 g/mol. The zero-order chi connectivity index (χ0) is 12.3. The van der Waals surface area contributed by atoms with E-state index in [2.05, 4.69) is 27.8 Å². The molecular weight excluding hydrogens is 282 g/mol. The molecule has 2 heterocycles. The van der Waals surface area contributed by atoms with Gasteiger partial charge >= 0.3 is 0 Å². The van der Waals surface area contributed by atoms with E-state index >= 15 is 0 Å². The molecule has 0 radical (unpaired) electrons. The van der Waals surface area contributed by atoms with Crippen LogP contribution in [0.25, 0.3) is 0 Å². The number of nitrogens with zero attached hydrogens (tertiary/aromatic N) is 1. The molecule has 2 rings (SSSR count). The van der Waals surface area contributed by atoms with Gasteiger partial charge in [0.15, 0.2) is 0 Å². The first-order valence-electron chi connectivity index (χ1n) is 6.00. The van der Waals surface area contributed by atoms with E-state index in [0.29, 0.717) is 18.0 Å². The third-order valence-electron chi connectivity index (χ3n) is 2.94. The molecule has 1 aliphatic rings. The van der Waals surface area contributed by atoms with Gasteiger partial charge in [0.25, 0.3) is 0 Å². The lowest BCUT2D eigenvalue weighted by Crippen LogP contribution is -2.18. The van der Waals surface area contributed by atoms with E-state index in [0.717, 1.165) is 30.0 Å². The van der Waals surface area contributed by atoms with E-state index in [4.69, 9.17) is 9.47 Å². The van der Waals surface area contributed by atoms with E-state index in [1.165, 1.54) is 0 Å². The summed E-state index contributed by atoms with van der Waals surface area (Å²) in [4.78, 5) is 4.44. The molecule has 17 heavy (non-hydrogen) atoms. The molecule has 0 saturated carbocycles. The minimum atomic E-state index is 0.231. The fourth-order valence-corrected chi connectivity index (χ4v) is 2.42. The van der Waals surface area contributed by atoms with Crippen molar-refractivity contribution in [1.82, 2.24) is 4.98 Å². The molecule has 1 aliphatic heterocycles. The summed E-state index contributed by atoms with van der Waals surface area (Å²) >= 11 is 3.43. The Morgan fingerprint density at radius 1 is 1.47 bits per heavy atom. The zero-order valence-electron chi connectivity index (χ0n) is 10.3. The van der Waals surface area contributed by atoms with E-state index in [1.54, 1.807) is 0 Å². The summed E-state index contributed by atoms with van der Waals surface area (Å²) in [7, 11) is 0. The molecule has 4 heteroatoms. The molecule has 0 aliphatic carbocycles. The highest BCUT2D eigenvalue weighted by Crippen LogP contribution is 2.23. The lowest BCUT2D eigenvalue weighted by molar-refractivity contribution is 0.0262. The van der Waals surface area contributed by atoms with Crippen molar-refractivity contribution in [1.29, 1.82) is 0 Å². The van der Waals surface area contributed by atoms with Crippen LogP contribution in [-0.2, 0) is 10.1 Å². The number of hydrogen-bond acceptors (Lipinski definition) is 3. The lowest BCUT2D eigenvalue weighted by atomic mass is 10.2. The van der Waals surface area contributed by atoms with Gasteiger partial charge in [-0.05, 0) is 38.8 Å². The lowest BCUT2D eigenvalue weighted by Gasteiger charge is -2.14. The van der Waals surface area contributed by atoms with Gasteiger partial charge in [0.05, 0.1) is 17.9 Å². The maximum absolute atomic E-state index is 5.80. The molecule has 1 aromatic heterocycles. The second-order valence-electron chi connectivity index (χ2n) is 4.49. The minimum absolute atomic E-state index is 0.231. The van der Waals surface area contributed by atoms with Gasteiger partial charge in [0.2, 0.25) is 0 Å². The summed E-state index contributed by atoms with van der Waals surface area (Å²) in [6, 6.07) is 3.96. The highest BCUT2D eigenvalue weighted by molar-refractivity contribution is 9.08. The van der Waals surface area contributed by atoms with Crippen LogP contribution in [0.2, 0.25) is 0 Å². The molecule has 1 aromatic rings. The van der Waals surface area contributed by atoms with Crippen LogP contribution in [0.5, 0.6) is 5.75 Å². The predicted octanol–water partition coefficient (Wildman–Crippen LogP) is 3.23. The van der Waals surface area contributed by atoms with E-state index in [1.807, 2.05) is 19.1 Å². The fourth-order valence-electron chi connectivity index (χ4n) is 2.02. The Balaban J connectivity index is 1.94. The molecule has 0 amide bonds. The van der Waals surface area contributed by atoms with Gasteiger partial charge in [0, 0.05) is 11.0 Å². The van der Waals surface area contributed by atoms with Crippen LogP contribution < -0.4 is 4.74 Å². The van der Waals surface area contributed by atoms with Gasteiger partial charge in [0.1, 0.15) is 12.4 Å². The van der Waals surface area contributed by atoms with Crippen molar-refractivity contribution < 1.29 is 9.47 Å². The first-order chi connectivity index (χ1) is 8.19. The van der Waals surface area contributed by atoms with Crippen molar-refractivity contribution in [2.45, 2.75) is 44.2 Å². The van der Waals surface area contributed by atoms with E-state index < -0.39 is 0 Å². The number of aryl methyl sites for hydroxylation is 1. The number of aromatic nitrogens is 1. The normalized spacial score (nSPS) is 23.9. The minimum Gasteiger partial charge on any atom is -0.489 e. The molecular formula is C13H18BrNO2. The van der Waals surface area contributed by atoms with Crippen molar-refractivity contribution in [2.75, 3.05) is 6.61 Å². The van der Waals surface area contributed by atoms with Gasteiger partial charge in [-0.2, -0.15) is 0 Å². The van der Waals surface area contributed by atoms with Crippen LogP contribution in [0.3, 0.4) is 0 Å². The molecule has 0 bridgehead atoms. The largest absolute Gasteiger partial charge is 0.489 e. The molecule has 94 valence electrons. The first-order valence-corrected chi connectivity index (χ1v) is 7.12. The molecule has 0 aromatic carbocycles. The smallest absolute Gasteiger partial charge is 0.141 e. The summed E-state index contributed by atoms with van der Waals surface area (Å²) in [5.41, 5.74) is 1.97. The van der Waals surface area contributed by atoms with Gasteiger partial charge in [-0.15, -0.1) is 0 Å². The first kappa shape index (κ1) is 12.8. The van der Waals surface area contributed by atoms with Crippen LogP contribution in [0.15, 0.2) is 12.1 Å². The Kier molecular flexibility index (Phi) is 4.40. The van der Waals surface area contributed by atoms with Gasteiger partial charge in [-0.25, -0.2) is 0 Å². The van der Waals surface area contributed by atoms with Crippen molar-refractivity contribution in [2.24, 2.45) is 0 Å². The predicted molar refractivity (Wildman–Crippen MR) is 70.7 cm³/mol. The Bertz CT molecular complexity index is 384. The van der Waals surface area contributed by atoms with Crippen molar-refractivity contribution in [3.8, 4) is 5.75 Å². The second-order valence-corrected chi connectivity index (χ2v) is 5.05. The fraction of sp³-hybridized carbons (Fsp3) is 0.615. The molecule has 0 spiro atoms. The average Bonchev–Trinajstić information content (AvgIpc) is 2.73. The molecule has 1 fully saturated rings. The zero-order valence-corrected chi connectivity index (χ0v) is 11.9. The van der Waals surface area contributed by atoms with Crippen molar-refractivity contribution in [3.63, 3.8) is 0 Å². The maximum atomic E-state index is 5.80. The number of halogens is 1. The Morgan fingerprint density at radius 2 is 2.29 bits per heavy atom. The number of alkyl halides is 1. The summed E-state index contributed by atoms with van der Waals surface area (Å²) in [6.07, 6.45) is 2.82. The maximum Gasteiger partial charge on any atom is 0.141 e. The summed E-state index contributed by atoms with van der Waals surface area (Å²) in [6.45, 7) is 4.71. The van der Waals surface area contributed by atoms with Crippen molar-refractivity contribution in [3.05, 3.63) is 23.5 Å². The molecule has 3 nitrogen and oxygen atoms in total. The van der Waals surface area contributed by atoms with Crippen LogP contribution in [0, 0.1) is 6.92 Å². The van der Waals surface area contributed by atoms with Crippen LogP contribution >= 0.6 is 15.9 Å². The highest BCUT2D eigenvalue weighted by atomic mass is 79.9. The third kappa shape index (κ3) is 3.42. The summed E-state index contributed by atoms with van der Waals surface area (Å²) < 4.78 is 11.5. The number of rotatable bonds is 4. The summed E-state index contributed by atoms with van der Waals surface area (Å²) in [5.74, 6) is 0.857. The Morgan fingerprint density at radius 3 is 2.94 bits per heavy atom.